The Hall–Kier alpha value is -0.393. The van der Waals surface area contributed by atoms with E-state index < -0.39 is 8.24 Å². The molecule has 1 saturated heterocycles. The van der Waals surface area contributed by atoms with Crippen LogP contribution in [-0.2, 0) is 9.53 Å². The number of rotatable bonds is 8. The molecule has 0 N–H and O–H groups in total. The van der Waals surface area contributed by atoms with Crippen molar-refractivity contribution in [2.45, 2.75) is 72.0 Å². The maximum Gasteiger partial charge on any atom is 0.309 e. The van der Waals surface area contributed by atoms with E-state index in [1.807, 2.05) is 13.8 Å². The highest BCUT2D eigenvalue weighted by molar-refractivity contribution is 6.81. The van der Waals surface area contributed by atoms with E-state index in [1.54, 1.807) is 0 Å². The average Bonchev–Trinajstić information content (AvgIpc) is 2.48. The molecule has 1 rings (SSSR count). The lowest BCUT2D eigenvalue weighted by atomic mass is 10.1. The van der Waals surface area contributed by atoms with E-state index in [4.69, 9.17) is 4.74 Å². The minimum absolute atomic E-state index is 0.0289. The molecule has 0 aromatic carbocycles. The highest BCUT2D eigenvalue weighted by Gasteiger charge is 2.48. The van der Waals surface area contributed by atoms with Gasteiger partial charge >= 0.3 is 5.97 Å². The third-order valence-electron chi connectivity index (χ3n) is 5.92. The van der Waals surface area contributed by atoms with Crippen LogP contribution in [0, 0.1) is 5.92 Å². The van der Waals surface area contributed by atoms with Gasteiger partial charge in [-0.15, -0.1) is 0 Å². The summed E-state index contributed by atoms with van der Waals surface area (Å²) in [4.78, 5) is 14.3. The van der Waals surface area contributed by atoms with E-state index >= 15 is 0 Å². The Labute approximate surface area is 151 Å². The third-order valence-corrected chi connectivity index (χ3v) is 13.0. The summed E-state index contributed by atoms with van der Waals surface area (Å²) in [5, 5.41) is 0. The zero-order valence-corrected chi connectivity index (χ0v) is 18.3. The number of carbonyl (C=O) groups is 1. The molecule has 1 aliphatic heterocycles. The molecule has 1 atom stereocenters. The van der Waals surface area contributed by atoms with E-state index in [9.17, 15) is 4.79 Å². The van der Waals surface area contributed by atoms with Crippen LogP contribution in [0.5, 0.6) is 0 Å². The van der Waals surface area contributed by atoms with Crippen LogP contribution in [0.25, 0.3) is 0 Å². The van der Waals surface area contributed by atoms with Crippen LogP contribution >= 0.6 is 0 Å². The van der Waals surface area contributed by atoms with E-state index in [-0.39, 0.29) is 11.9 Å². The monoisotopic (exact) mass is 356 g/mol. The Morgan fingerprint density at radius 2 is 1.38 bits per heavy atom. The van der Waals surface area contributed by atoms with Crippen LogP contribution in [0.4, 0.5) is 0 Å². The van der Waals surface area contributed by atoms with Crippen LogP contribution in [0.1, 0.15) is 55.4 Å². The van der Waals surface area contributed by atoms with Gasteiger partial charge in [0.1, 0.15) is 8.24 Å². The van der Waals surface area contributed by atoms with Gasteiger partial charge in [-0.3, -0.25) is 4.79 Å². The van der Waals surface area contributed by atoms with Gasteiger partial charge in [0.05, 0.1) is 12.5 Å². The van der Waals surface area contributed by atoms with Crippen LogP contribution in [-0.4, -0.2) is 63.0 Å². The Morgan fingerprint density at radius 3 is 1.75 bits per heavy atom. The zero-order valence-electron chi connectivity index (χ0n) is 17.3. The molecule has 0 saturated carbocycles. The summed E-state index contributed by atoms with van der Waals surface area (Å²) in [5.41, 5.74) is 2.30. The van der Waals surface area contributed by atoms with Crippen molar-refractivity contribution >= 4 is 14.2 Å². The molecule has 0 aromatic heterocycles. The largest absolute Gasteiger partial charge is 0.466 e. The molecule has 0 bridgehead atoms. The molecule has 5 heteroatoms. The first-order valence-corrected chi connectivity index (χ1v) is 12.0. The van der Waals surface area contributed by atoms with Crippen molar-refractivity contribution in [3.05, 3.63) is 0 Å². The molecular formula is C19H40N2O2Si. The number of hydrogen-bond acceptors (Lipinski definition) is 4. The first-order valence-electron chi connectivity index (χ1n) is 9.81. The summed E-state index contributed by atoms with van der Waals surface area (Å²) in [5.74, 6) is -0.0889. The number of hydrogen-bond donors (Lipinski definition) is 0. The summed E-state index contributed by atoms with van der Waals surface area (Å²) in [7, 11) is -1.52. The van der Waals surface area contributed by atoms with Crippen molar-refractivity contribution < 1.29 is 9.53 Å². The fraction of sp³-hybridized carbons (Fsp3) is 0.947. The first-order chi connectivity index (χ1) is 11.2. The maximum absolute atomic E-state index is 11.9. The molecule has 1 heterocycles. The molecule has 0 aliphatic carbocycles. The molecule has 1 unspecified atom stereocenters. The van der Waals surface area contributed by atoms with Crippen molar-refractivity contribution in [1.29, 1.82) is 0 Å². The Kier molecular flexibility index (Phi) is 8.43. The highest BCUT2D eigenvalue weighted by Crippen LogP contribution is 2.44. The van der Waals surface area contributed by atoms with Gasteiger partial charge in [0.15, 0.2) is 0 Å². The van der Waals surface area contributed by atoms with E-state index in [2.05, 4.69) is 51.0 Å². The highest BCUT2D eigenvalue weighted by atomic mass is 28.3. The molecule has 24 heavy (non-hydrogen) atoms. The molecule has 4 nitrogen and oxygen atoms in total. The molecule has 142 valence electrons. The van der Waals surface area contributed by atoms with E-state index in [1.165, 1.54) is 0 Å². The number of ether oxygens (including phenoxy) is 1. The standard InChI is InChI=1S/C19H40N2O2Si/c1-9-23-19(22)18(8)14-20-10-12-21(13-11-20)24(15(2)3,16(4)5)17(6)7/h15-18H,9-14H2,1-8H3. The van der Waals surface area contributed by atoms with Crippen LogP contribution < -0.4 is 0 Å². The fourth-order valence-corrected chi connectivity index (χ4v) is 12.3. The molecule has 1 aliphatic rings. The second-order valence-corrected chi connectivity index (χ2v) is 14.2. The number of esters is 1. The second kappa shape index (κ2) is 9.34. The topological polar surface area (TPSA) is 32.8 Å². The molecular weight excluding hydrogens is 316 g/mol. The maximum atomic E-state index is 11.9. The van der Waals surface area contributed by atoms with Crippen LogP contribution in [0.3, 0.4) is 0 Å². The molecule has 0 aromatic rings. The van der Waals surface area contributed by atoms with Crippen LogP contribution in [0.2, 0.25) is 16.6 Å². The van der Waals surface area contributed by atoms with Gasteiger partial charge in [0.2, 0.25) is 0 Å². The normalized spacial score (nSPS) is 19.3. The molecule has 0 amide bonds. The molecule has 0 radical (unpaired) electrons. The first kappa shape index (κ1) is 21.6. The van der Waals surface area contributed by atoms with Crippen LogP contribution in [0.15, 0.2) is 0 Å². The third kappa shape index (κ3) is 4.61. The van der Waals surface area contributed by atoms with Gasteiger partial charge in [0.25, 0.3) is 0 Å². The second-order valence-electron chi connectivity index (χ2n) is 8.29. The van der Waals surface area contributed by atoms with Crippen molar-refractivity contribution in [3.8, 4) is 0 Å². The van der Waals surface area contributed by atoms with Gasteiger partial charge in [0, 0.05) is 32.7 Å². The predicted molar refractivity (Wildman–Crippen MR) is 105 cm³/mol. The summed E-state index contributed by atoms with van der Waals surface area (Å²) in [6.45, 7) is 24.2. The Morgan fingerprint density at radius 1 is 0.917 bits per heavy atom. The number of nitrogens with zero attached hydrogens (tertiary/aromatic N) is 2. The lowest BCUT2D eigenvalue weighted by molar-refractivity contribution is -0.148. The molecule has 1 fully saturated rings. The summed E-state index contributed by atoms with van der Waals surface area (Å²) in [6.07, 6.45) is 0. The Balaban J connectivity index is 2.71. The smallest absolute Gasteiger partial charge is 0.309 e. The lowest BCUT2D eigenvalue weighted by Gasteiger charge is -2.53. The minimum atomic E-state index is -1.52. The van der Waals surface area contributed by atoms with Crippen molar-refractivity contribution in [1.82, 2.24) is 9.47 Å². The fourth-order valence-electron chi connectivity index (χ4n) is 5.16. The van der Waals surface area contributed by atoms with Crippen molar-refractivity contribution in [2.75, 3.05) is 39.3 Å². The zero-order chi connectivity index (χ0) is 18.5. The van der Waals surface area contributed by atoms with Gasteiger partial charge in [-0.2, -0.15) is 0 Å². The van der Waals surface area contributed by atoms with Crippen molar-refractivity contribution in [2.24, 2.45) is 5.92 Å². The Bertz CT molecular complexity index is 369. The molecule has 0 spiro atoms. The number of carbonyl (C=O) groups excluding carboxylic acids is 1. The van der Waals surface area contributed by atoms with E-state index in [0.29, 0.717) is 6.61 Å². The van der Waals surface area contributed by atoms with E-state index in [0.717, 1.165) is 49.3 Å². The predicted octanol–water partition coefficient (Wildman–Crippen LogP) is 3.98. The van der Waals surface area contributed by atoms with Gasteiger partial charge in [-0.1, -0.05) is 48.5 Å². The van der Waals surface area contributed by atoms with Gasteiger partial charge in [-0.25, -0.2) is 0 Å². The average molecular weight is 357 g/mol. The summed E-state index contributed by atoms with van der Waals surface area (Å²) in [6, 6.07) is 0. The number of piperazine rings is 1. The summed E-state index contributed by atoms with van der Waals surface area (Å²) >= 11 is 0. The van der Waals surface area contributed by atoms with Gasteiger partial charge < -0.3 is 14.2 Å². The SMILES string of the molecule is CCOC(=O)C(C)CN1CCN([Si](C(C)C)(C(C)C)C(C)C)CC1. The quantitative estimate of drug-likeness (QED) is 0.486. The summed E-state index contributed by atoms with van der Waals surface area (Å²) < 4.78 is 8.01. The minimum Gasteiger partial charge on any atom is -0.466 e. The van der Waals surface area contributed by atoms with Crippen molar-refractivity contribution in [3.63, 3.8) is 0 Å². The lowest BCUT2D eigenvalue weighted by Crippen LogP contribution is -2.65. The van der Waals surface area contributed by atoms with Gasteiger partial charge in [-0.05, 0) is 23.5 Å².